The number of carbonyl (C=O) groups is 1. The van der Waals surface area contributed by atoms with Crippen LogP contribution >= 0.6 is 0 Å². The van der Waals surface area contributed by atoms with E-state index in [2.05, 4.69) is 10.6 Å². The molecule has 0 radical (unpaired) electrons. The van der Waals surface area contributed by atoms with E-state index in [9.17, 15) is 9.18 Å². The van der Waals surface area contributed by atoms with E-state index < -0.39 is 0 Å². The fraction of sp³-hybridized carbons (Fsp3) is 0.364. The molecule has 1 heterocycles. The molecule has 1 fully saturated rings. The minimum absolute atomic E-state index is 0.144. The predicted molar refractivity (Wildman–Crippen MR) is 55.2 cm³/mol. The van der Waals surface area contributed by atoms with Crippen LogP contribution in [-0.2, 0) is 5.41 Å². The van der Waals surface area contributed by atoms with E-state index in [1.165, 1.54) is 12.1 Å². The van der Waals surface area contributed by atoms with Gasteiger partial charge in [0.05, 0.1) is 0 Å². The largest absolute Gasteiger partial charge is 0.337 e. The number of hydrogen-bond donors (Lipinski definition) is 2. The lowest BCUT2D eigenvalue weighted by Gasteiger charge is -2.34. The van der Waals surface area contributed by atoms with Gasteiger partial charge in [-0.15, -0.1) is 0 Å². The highest BCUT2D eigenvalue weighted by Gasteiger charge is 2.31. The maximum Gasteiger partial charge on any atom is 0.314 e. The third kappa shape index (κ3) is 1.93. The molecule has 1 aromatic rings. The second-order valence-corrected chi connectivity index (χ2v) is 4.10. The summed E-state index contributed by atoms with van der Waals surface area (Å²) in [6.07, 6.45) is 0. The number of halogens is 1. The lowest BCUT2D eigenvalue weighted by molar-refractivity contribution is 0.225. The number of nitrogens with one attached hydrogen (secondary N) is 2. The number of urea groups is 1. The summed E-state index contributed by atoms with van der Waals surface area (Å²) in [7, 11) is 0. The number of carbonyl (C=O) groups excluding carboxylic acids is 1. The standard InChI is InChI=1S/C11H13FN2O/c1-11(6-13-10(15)14-7-11)8-2-4-9(12)5-3-8/h2-5H,6-7H2,1H3,(H2,13,14,15). The van der Waals surface area contributed by atoms with Crippen molar-refractivity contribution in [1.29, 1.82) is 0 Å². The van der Waals surface area contributed by atoms with Gasteiger partial charge in [-0.05, 0) is 17.7 Å². The molecule has 0 saturated carbocycles. The quantitative estimate of drug-likeness (QED) is 0.719. The summed E-state index contributed by atoms with van der Waals surface area (Å²) in [6, 6.07) is 6.26. The lowest BCUT2D eigenvalue weighted by atomic mass is 9.81. The van der Waals surface area contributed by atoms with Crippen molar-refractivity contribution in [3.05, 3.63) is 35.6 Å². The first-order valence-corrected chi connectivity index (χ1v) is 4.88. The van der Waals surface area contributed by atoms with Gasteiger partial charge in [0.15, 0.2) is 0 Å². The van der Waals surface area contributed by atoms with Crippen LogP contribution in [0.5, 0.6) is 0 Å². The summed E-state index contributed by atoms with van der Waals surface area (Å²) in [5.41, 5.74) is 0.859. The van der Waals surface area contributed by atoms with Crippen molar-refractivity contribution in [2.75, 3.05) is 13.1 Å². The Morgan fingerprint density at radius 2 is 1.73 bits per heavy atom. The van der Waals surface area contributed by atoms with Crippen LogP contribution in [0.4, 0.5) is 9.18 Å². The van der Waals surface area contributed by atoms with Gasteiger partial charge >= 0.3 is 6.03 Å². The van der Waals surface area contributed by atoms with E-state index in [1.807, 2.05) is 6.92 Å². The Hall–Kier alpha value is -1.58. The van der Waals surface area contributed by atoms with E-state index in [-0.39, 0.29) is 17.3 Å². The fourth-order valence-corrected chi connectivity index (χ4v) is 1.73. The zero-order chi connectivity index (χ0) is 10.9. The van der Waals surface area contributed by atoms with E-state index in [0.717, 1.165) is 5.56 Å². The van der Waals surface area contributed by atoms with E-state index in [0.29, 0.717) is 13.1 Å². The molecule has 1 aliphatic heterocycles. The van der Waals surface area contributed by atoms with Crippen molar-refractivity contribution >= 4 is 6.03 Å². The molecule has 15 heavy (non-hydrogen) atoms. The van der Waals surface area contributed by atoms with Crippen molar-refractivity contribution < 1.29 is 9.18 Å². The Kier molecular flexibility index (Phi) is 2.34. The number of benzene rings is 1. The smallest absolute Gasteiger partial charge is 0.314 e. The molecule has 2 N–H and O–H groups in total. The van der Waals surface area contributed by atoms with Crippen LogP contribution in [0.3, 0.4) is 0 Å². The number of amides is 2. The van der Waals surface area contributed by atoms with Gasteiger partial charge in [-0.25, -0.2) is 9.18 Å². The first-order chi connectivity index (χ1) is 7.10. The van der Waals surface area contributed by atoms with Crippen molar-refractivity contribution in [1.82, 2.24) is 10.6 Å². The molecule has 4 heteroatoms. The van der Waals surface area contributed by atoms with Gasteiger partial charge in [-0.3, -0.25) is 0 Å². The molecular formula is C11H13FN2O. The molecule has 2 rings (SSSR count). The number of rotatable bonds is 1. The molecule has 1 saturated heterocycles. The van der Waals surface area contributed by atoms with Gasteiger partial charge in [0.1, 0.15) is 5.82 Å². The average Bonchev–Trinajstić information content (AvgIpc) is 2.24. The number of hydrogen-bond acceptors (Lipinski definition) is 1. The molecule has 80 valence electrons. The summed E-state index contributed by atoms with van der Waals surface area (Å²) in [4.78, 5) is 11.0. The van der Waals surface area contributed by atoms with Crippen LogP contribution in [0.1, 0.15) is 12.5 Å². The van der Waals surface area contributed by atoms with Crippen molar-refractivity contribution in [3.63, 3.8) is 0 Å². The molecule has 0 aliphatic carbocycles. The van der Waals surface area contributed by atoms with Gasteiger partial charge in [-0.1, -0.05) is 19.1 Å². The van der Waals surface area contributed by atoms with Crippen molar-refractivity contribution in [2.45, 2.75) is 12.3 Å². The van der Waals surface area contributed by atoms with Crippen molar-refractivity contribution in [2.24, 2.45) is 0 Å². The van der Waals surface area contributed by atoms with Crippen molar-refractivity contribution in [3.8, 4) is 0 Å². The van der Waals surface area contributed by atoms with Gasteiger partial charge in [0.2, 0.25) is 0 Å². The van der Waals surface area contributed by atoms with Crippen LogP contribution in [-0.4, -0.2) is 19.1 Å². The highest BCUT2D eigenvalue weighted by Crippen LogP contribution is 2.24. The Labute approximate surface area is 87.7 Å². The van der Waals surface area contributed by atoms with E-state index in [4.69, 9.17) is 0 Å². The Morgan fingerprint density at radius 1 is 1.20 bits per heavy atom. The summed E-state index contributed by atoms with van der Waals surface area (Å²) in [6.45, 7) is 3.18. The molecule has 1 aliphatic rings. The zero-order valence-electron chi connectivity index (χ0n) is 8.51. The monoisotopic (exact) mass is 208 g/mol. The van der Waals surface area contributed by atoms with Crippen LogP contribution in [0.2, 0.25) is 0 Å². The maximum atomic E-state index is 12.8. The van der Waals surface area contributed by atoms with Gasteiger partial charge in [0, 0.05) is 18.5 Å². The van der Waals surface area contributed by atoms with E-state index in [1.54, 1.807) is 12.1 Å². The highest BCUT2D eigenvalue weighted by atomic mass is 19.1. The molecule has 0 unspecified atom stereocenters. The molecular weight excluding hydrogens is 195 g/mol. The molecule has 0 aromatic heterocycles. The molecule has 3 nitrogen and oxygen atoms in total. The minimum Gasteiger partial charge on any atom is -0.337 e. The third-order valence-electron chi connectivity index (χ3n) is 2.82. The Balaban J connectivity index is 2.22. The molecule has 2 amide bonds. The molecule has 1 aromatic carbocycles. The topological polar surface area (TPSA) is 41.1 Å². The normalized spacial score (nSPS) is 19.2. The Morgan fingerprint density at radius 3 is 2.27 bits per heavy atom. The third-order valence-corrected chi connectivity index (χ3v) is 2.82. The predicted octanol–water partition coefficient (Wildman–Crippen LogP) is 1.40. The van der Waals surface area contributed by atoms with Gasteiger partial charge < -0.3 is 10.6 Å². The summed E-state index contributed by atoms with van der Waals surface area (Å²) < 4.78 is 12.8. The molecule has 0 bridgehead atoms. The second-order valence-electron chi connectivity index (χ2n) is 4.10. The summed E-state index contributed by atoms with van der Waals surface area (Å²) in [5, 5.41) is 5.48. The lowest BCUT2D eigenvalue weighted by Crippen LogP contribution is -2.55. The average molecular weight is 208 g/mol. The van der Waals surface area contributed by atoms with Gasteiger partial charge in [0.25, 0.3) is 0 Å². The second kappa shape index (κ2) is 3.53. The summed E-state index contributed by atoms with van der Waals surface area (Å²) >= 11 is 0. The van der Waals surface area contributed by atoms with E-state index >= 15 is 0 Å². The minimum atomic E-state index is -0.241. The van der Waals surface area contributed by atoms with Gasteiger partial charge in [-0.2, -0.15) is 0 Å². The zero-order valence-corrected chi connectivity index (χ0v) is 8.51. The van der Waals surface area contributed by atoms with Crippen LogP contribution in [0.15, 0.2) is 24.3 Å². The summed E-state index contributed by atoms with van der Waals surface area (Å²) in [5.74, 6) is -0.241. The highest BCUT2D eigenvalue weighted by molar-refractivity contribution is 5.75. The Bertz CT molecular complexity index is 365. The van der Waals surface area contributed by atoms with Crippen LogP contribution in [0.25, 0.3) is 0 Å². The first kappa shape index (κ1) is 9.96. The SMILES string of the molecule is CC1(c2ccc(F)cc2)CNC(=O)NC1. The fourth-order valence-electron chi connectivity index (χ4n) is 1.73. The van der Waals surface area contributed by atoms with Crippen LogP contribution < -0.4 is 10.6 Å². The van der Waals surface area contributed by atoms with Crippen LogP contribution in [0, 0.1) is 5.82 Å². The maximum absolute atomic E-state index is 12.8. The molecule has 0 atom stereocenters. The molecule has 0 spiro atoms. The first-order valence-electron chi connectivity index (χ1n) is 4.88.